The molecule has 2 saturated heterocycles. The van der Waals surface area contributed by atoms with Crippen molar-refractivity contribution < 1.29 is 4.74 Å². The molecule has 2 aliphatic rings. The largest absolute Gasteiger partial charge is 0.497 e. The molecule has 2 aliphatic heterocycles. The third kappa shape index (κ3) is 3.49. The molecule has 6 nitrogen and oxygen atoms in total. The summed E-state index contributed by atoms with van der Waals surface area (Å²) in [5, 5.41) is 0. The second kappa shape index (κ2) is 7.78. The Kier molecular flexibility index (Phi) is 5.24. The van der Waals surface area contributed by atoms with Crippen LogP contribution >= 0.6 is 0 Å². The summed E-state index contributed by atoms with van der Waals surface area (Å²) in [5.41, 5.74) is 8.16. The molecule has 3 atom stereocenters. The molecule has 2 N–H and O–H groups in total. The Balaban J connectivity index is 1.45. The van der Waals surface area contributed by atoms with Crippen molar-refractivity contribution in [2.24, 2.45) is 5.92 Å². The van der Waals surface area contributed by atoms with E-state index in [0.717, 1.165) is 36.9 Å². The fraction of sp³-hybridized carbons (Fsp3) is 0.550. The molecule has 1 aromatic carbocycles. The maximum Gasteiger partial charge on any atom is 0.127 e. The van der Waals surface area contributed by atoms with E-state index in [1.54, 1.807) is 7.11 Å². The standard InChI is InChI=1S/C20H29N5O/c1-3-4-18-17-13-24(11-9-19(17)23-22-18)14-20-21-10-12-25(20)15-5-7-16(26-2)8-6-15/h5-8,10,12,17-19,22-23H,3-4,9,11,13-14H2,1-2H3. The van der Waals surface area contributed by atoms with E-state index in [-0.39, 0.29) is 0 Å². The molecule has 6 heteroatoms. The van der Waals surface area contributed by atoms with E-state index >= 15 is 0 Å². The minimum absolute atomic E-state index is 0.592. The van der Waals surface area contributed by atoms with Gasteiger partial charge in [-0.05, 0) is 37.1 Å². The van der Waals surface area contributed by atoms with Crippen molar-refractivity contribution in [3.63, 3.8) is 0 Å². The molecule has 4 rings (SSSR count). The number of hydrogen-bond acceptors (Lipinski definition) is 5. The molecule has 1 aromatic heterocycles. The first-order chi connectivity index (χ1) is 12.8. The zero-order chi connectivity index (χ0) is 17.9. The van der Waals surface area contributed by atoms with Crippen LogP contribution in [0.15, 0.2) is 36.7 Å². The lowest BCUT2D eigenvalue weighted by atomic mass is 9.86. The Hall–Kier alpha value is -1.89. The fourth-order valence-corrected chi connectivity index (χ4v) is 4.33. The first-order valence-electron chi connectivity index (χ1n) is 9.68. The molecular weight excluding hydrogens is 326 g/mol. The molecule has 2 fully saturated rings. The van der Waals surface area contributed by atoms with Crippen molar-refractivity contribution in [2.75, 3.05) is 20.2 Å². The van der Waals surface area contributed by atoms with E-state index in [2.05, 4.69) is 44.4 Å². The summed E-state index contributed by atoms with van der Waals surface area (Å²) in [6.45, 7) is 5.40. The van der Waals surface area contributed by atoms with E-state index < -0.39 is 0 Å². The molecule has 0 bridgehead atoms. The Labute approximate surface area is 155 Å². The van der Waals surface area contributed by atoms with Gasteiger partial charge in [0.05, 0.1) is 13.7 Å². The minimum atomic E-state index is 0.592. The molecule has 0 radical (unpaired) electrons. The van der Waals surface area contributed by atoms with Gasteiger partial charge in [0, 0.05) is 49.2 Å². The van der Waals surface area contributed by atoms with Crippen molar-refractivity contribution >= 4 is 0 Å². The molecule has 0 spiro atoms. The van der Waals surface area contributed by atoms with Gasteiger partial charge >= 0.3 is 0 Å². The van der Waals surface area contributed by atoms with Crippen LogP contribution in [0.1, 0.15) is 32.0 Å². The van der Waals surface area contributed by atoms with Crippen LogP contribution in [-0.2, 0) is 6.54 Å². The number of hydrogen-bond donors (Lipinski definition) is 2. The molecular formula is C20H29N5O. The summed E-state index contributed by atoms with van der Waals surface area (Å²) in [6, 6.07) is 9.36. The minimum Gasteiger partial charge on any atom is -0.497 e. The smallest absolute Gasteiger partial charge is 0.127 e. The number of piperidine rings is 1. The van der Waals surface area contributed by atoms with Crippen LogP contribution in [0.5, 0.6) is 5.75 Å². The average molecular weight is 355 g/mol. The van der Waals surface area contributed by atoms with Gasteiger partial charge in [-0.15, -0.1) is 0 Å². The van der Waals surface area contributed by atoms with Gasteiger partial charge in [0.1, 0.15) is 11.6 Å². The molecule has 0 aliphatic carbocycles. The SMILES string of the molecule is CCCC1NNC2CCN(Cc3nccn3-c3ccc(OC)cc3)CC12. The van der Waals surface area contributed by atoms with Gasteiger partial charge in [-0.3, -0.25) is 15.8 Å². The van der Waals surface area contributed by atoms with Crippen molar-refractivity contribution in [3.8, 4) is 11.4 Å². The maximum absolute atomic E-state index is 5.26. The highest BCUT2D eigenvalue weighted by molar-refractivity contribution is 5.38. The number of imidazole rings is 1. The van der Waals surface area contributed by atoms with Crippen LogP contribution in [0.2, 0.25) is 0 Å². The number of nitrogens with one attached hydrogen (secondary N) is 2. The number of aromatic nitrogens is 2. The summed E-state index contributed by atoms with van der Waals surface area (Å²) < 4.78 is 7.44. The summed E-state index contributed by atoms with van der Waals surface area (Å²) in [7, 11) is 1.69. The predicted molar refractivity (Wildman–Crippen MR) is 102 cm³/mol. The molecule has 3 unspecified atom stereocenters. The number of nitrogens with zero attached hydrogens (tertiary/aromatic N) is 3. The zero-order valence-corrected chi connectivity index (χ0v) is 15.7. The van der Waals surface area contributed by atoms with Crippen LogP contribution in [0.4, 0.5) is 0 Å². The highest BCUT2D eigenvalue weighted by Gasteiger charge is 2.39. The third-order valence-corrected chi connectivity index (χ3v) is 5.75. The van der Waals surface area contributed by atoms with Crippen LogP contribution < -0.4 is 15.6 Å². The van der Waals surface area contributed by atoms with E-state index in [1.807, 2.05) is 24.5 Å². The zero-order valence-electron chi connectivity index (χ0n) is 15.7. The molecule has 26 heavy (non-hydrogen) atoms. The Bertz CT molecular complexity index is 713. The van der Waals surface area contributed by atoms with Gasteiger partial charge in [-0.2, -0.15) is 0 Å². The molecule has 140 valence electrons. The Morgan fingerprint density at radius 1 is 1.23 bits per heavy atom. The first kappa shape index (κ1) is 17.5. The number of methoxy groups -OCH3 is 1. The highest BCUT2D eigenvalue weighted by Crippen LogP contribution is 2.27. The van der Waals surface area contributed by atoms with Gasteiger partial charge in [-0.25, -0.2) is 4.98 Å². The lowest BCUT2D eigenvalue weighted by Gasteiger charge is -2.36. The molecule has 0 amide bonds. The Morgan fingerprint density at radius 3 is 2.85 bits per heavy atom. The summed E-state index contributed by atoms with van der Waals surface area (Å²) >= 11 is 0. The van der Waals surface area contributed by atoms with Crippen LogP contribution in [0.3, 0.4) is 0 Å². The maximum atomic E-state index is 5.26. The van der Waals surface area contributed by atoms with Gasteiger partial charge in [0.15, 0.2) is 0 Å². The van der Waals surface area contributed by atoms with Gasteiger partial charge in [0.2, 0.25) is 0 Å². The monoisotopic (exact) mass is 355 g/mol. The van der Waals surface area contributed by atoms with E-state index in [9.17, 15) is 0 Å². The molecule has 2 aromatic rings. The normalized spacial score (nSPS) is 26.0. The van der Waals surface area contributed by atoms with Crippen molar-refractivity contribution in [3.05, 3.63) is 42.5 Å². The Morgan fingerprint density at radius 2 is 2.08 bits per heavy atom. The number of likely N-dealkylation sites (tertiary alicyclic amines) is 1. The van der Waals surface area contributed by atoms with Crippen LogP contribution in [0, 0.1) is 5.92 Å². The second-order valence-electron chi connectivity index (χ2n) is 7.39. The molecule has 0 saturated carbocycles. The number of hydrazine groups is 1. The number of ether oxygens (including phenoxy) is 1. The average Bonchev–Trinajstić information content (AvgIpc) is 3.29. The van der Waals surface area contributed by atoms with Crippen molar-refractivity contribution in [1.82, 2.24) is 25.3 Å². The van der Waals surface area contributed by atoms with Gasteiger partial charge in [0.25, 0.3) is 0 Å². The lowest BCUT2D eigenvalue weighted by Crippen LogP contribution is -2.46. The number of rotatable bonds is 6. The van der Waals surface area contributed by atoms with E-state index in [1.165, 1.54) is 19.3 Å². The van der Waals surface area contributed by atoms with E-state index in [0.29, 0.717) is 18.0 Å². The quantitative estimate of drug-likeness (QED) is 0.833. The van der Waals surface area contributed by atoms with Crippen LogP contribution in [0.25, 0.3) is 5.69 Å². The second-order valence-corrected chi connectivity index (χ2v) is 7.39. The van der Waals surface area contributed by atoms with Gasteiger partial charge < -0.3 is 9.30 Å². The molecule has 3 heterocycles. The third-order valence-electron chi connectivity index (χ3n) is 5.75. The summed E-state index contributed by atoms with van der Waals surface area (Å²) in [4.78, 5) is 7.19. The van der Waals surface area contributed by atoms with Crippen LogP contribution in [-0.4, -0.2) is 46.7 Å². The topological polar surface area (TPSA) is 54.3 Å². The van der Waals surface area contributed by atoms with Gasteiger partial charge in [-0.1, -0.05) is 13.3 Å². The van der Waals surface area contributed by atoms with Crippen molar-refractivity contribution in [1.29, 1.82) is 0 Å². The van der Waals surface area contributed by atoms with E-state index in [4.69, 9.17) is 4.74 Å². The van der Waals surface area contributed by atoms with Crippen molar-refractivity contribution in [2.45, 2.75) is 44.8 Å². The summed E-state index contributed by atoms with van der Waals surface area (Å²) in [6.07, 6.45) is 7.60. The first-order valence-corrected chi connectivity index (χ1v) is 9.68. The predicted octanol–water partition coefficient (Wildman–Crippen LogP) is 2.35. The fourth-order valence-electron chi connectivity index (χ4n) is 4.33. The highest BCUT2D eigenvalue weighted by atomic mass is 16.5. The summed E-state index contributed by atoms with van der Waals surface area (Å²) in [5.74, 6) is 2.66. The number of fused-ring (bicyclic) bond motifs is 1. The lowest BCUT2D eigenvalue weighted by molar-refractivity contribution is 0.143. The number of benzene rings is 1.